The zero-order valence-electron chi connectivity index (χ0n) is 21.2. The van der Waals surface area contributed by atoms with Gasteiger partial charge in [-0.25, -0.2) is 9.67 Å². The zero-order valence-corrected chi connectivity index (χ0v) is 21.2. The number of hydrogen-bond acceptors (Lipinski definition) is 6. The zero-order chi connectivity index (χ0) is 25.9. The van der Waals surface area contributed by atoms with Crippen molar-refractivity contribution in [3.63, 3.8) is 0 Å². The van der Waals surface area contributed by atoms with Gasteiger partial charge in [-0.3, -0.25) is 9.59 Å². The van der Waals surface area contributed by atoms with Crippen molar-refractivity contribution in [1.29, 1.82) is 0 Å². The van der Waals surface area contributed by atoms with Gasteiger partial charge in [-0.05, 0) is 55.7 Å². The molecule has 37 heavy (non-hydrogen) atoms. The Labute approximate surface area is 215 Å². The van der Waals surface area contributed by atoms with E-state index >= 15 is 0 Å². The number of hydrogen-bond donors (Lipinski definition) is 1. The number of likely N-dealkylation sites (tertiary alicyclic amines) is 1. The molecule has 2 aromatic heterocycles. The molecule has 0 atom stereocenters. The summed E-state index contributed by atoms with van der Waals surface area (Å²) in [4.78, 5) is 32.4. The van der Waals surface area contributed by atoms with Crippen molar-refractivity contribution in [3.05, 3.63) is 77.1 Å². The average molecular weight is 500 g/mol. The predicted molar refractivity (Wildman–Crippen MR) is 140 cm³/mol. The number of benzene rings is 2. The molecule has 0 radical (unpaired) electrons. The van der Waals surface area contributed by atoms with Gasteiger partial charge in [-0.15, -0.1) is 0 Å². The molecule has 5 rings (SSSR count). The van der Waals surface area contributed by atoms with Crippen molar-refractivity contribution in [2.24, 2.45) is 0 Å². The summed E-state index contributed by atoms with van der Waals surface area (Å²) in [6, 6.07) is 12.8. The summed E-state index contributed by atoms with van der Waals surface area (Å²) in [5, 5.41) is 8.16. The molecule has 1 aliphatic heterocycles. The first kappa shape index (κ1) is 24.3. The van der Waals surface area contributed by atoms with Crippen LogP contribution in [0.15, 0.2) is 54.9 Å². The van der Waals surface area contributed by atoms with Crippen LogP contribution >= 0.6 is 0 Å². The quantitative estimate of drug-likeness (QED) is 0.407. The molecule has 190 valence electrons. The van der Waals surface area contributed by atoms with Gasteiger partial charge in [-0.2, -0.15) is 5.10 Å². The second-order valence-electron chi connectivity index (χ2n) is 9.05. The number of methoxy groups -OCH3 is 2. The van der Waals surface area contributed by atoms with Gasteiger partial charge < -0.3 is 19.7 Å². The first-order valence-corrected chi connectivity index (χ1v) is 12.2. The van der Waals surface area contributed by atoms with Crippen molar-refractivity contribution >= 4 is 28.5 Å². The van der Waals surface area contributed by atoms with Crippen LogP contribution in [0.4, 0.5) is 5.69 Å². The first-order chi connectivity index (χ1) is 18.0. The Balaban J connectivity index is 1.35. The number of anilines is 1. The highest BCUT2D eigenvalue weighted by Crippen LogP contribution is 2.27. The molecule has 2 amide bonds. The lowest BCUT2D eigenvalue weighted by molar-refractivity contribution is 0.0791. The summed E-state index contributed by atoms with van der Waals surface area (Å²) in [5.41, 5.74) is 3.97. The van der Waals surface area contributed by atoms with Crippen LogP contribution in [-0.2, 0) is 6.54 Å². The van der Waals surface area contributed by atoms with Gasteiger partial charge in [0.2, 0.25) is 0 Å². The fourth-order valence-corrected chi connectivity index (χ4v) is 4.64. The second-order valence-corrected chi connectivity index (χ2v) is 9.05. The largest absolute Gasteiger partial charge is 0.497 e. The average Bonchev–Trinajstić information content (AvgIpc) is 3.60. The van der Waals surface area contributed by atoms with Gasteiger partial charge in [0, 0.05) is 47.6 Å². The number of pyridine rings is 1. The maximum absolute atomic E-state index is 13.1. The number of fused-ring (bicyclic) bond motifs is 1. The van der Waals surface area contributed by atoms with Crippen molar-refractivity contribution < 1.29 is 19.1 Å². The normalized spacial score (nSPS) is 13.1. The third-order valence-corrected chi connectivity index (χ3v) is 6.76. The molecule has 3 heterocycles. The lowest BCUT2D eigenvalue weighted by atomic mass is 10.0. The molecular formula is C28H29N5O4. The van der Waals surface area contributed by atoms with E-state index in [1.807, 2.05) is 36.1 Å². The summed E-state index contributed by atoms with van der Waals surface area (Å²) >= 11 is 0. The van der Waals surface area contributed by atoms with Crippen LogP contribution in [0.2, 0.25) is 0 Å². The van der Waals surface area contributed by atoms with Crippen molar-refractivity contribution in [2.45, 2.75) is 26.3 Å². The fourth-order valence-electron chi connectivity index (χ4n) is 4.64. The van der Waals surface area contributed by atoms with Gasteiger partial charge >= 0.3 is 0 Å². The molecule has 1 aliphatic rings. The van der Waals surface area contributed by atoms with E-state index in [1.54, 1.807) is 43.3 Å². The molecule has 1 N–H and O–H groups in total. The van der Waals surface area contributed by atoms with Crippen LogP contribution in [0.1, 0.15) is 44.7 Å². The number of carbonyl (C=O) groups is 2. The van der Waals surface area contributed by atoms with E-state index in [0.717, 1.165) is 42.4 Å². The fraction of sp³-hybridized carbons (Fsp3) is 0.286. The number of nitrogens with one attached hydrogen (secondary N) is 1. The molecule has 0 unspecified atom stereocenters. The third kappa shape index (κ3) is 4.84. The van der Waals surface area contributed by atoms with E-state index in [-0.39, 0.29) is 11.8 Å². The molecule has 0 aliphatic carbocycles. The van der Waals surface area contributed by atoms with Crippen molar-refractivity contribution in [1.82, 2.24) is 19.7 Å². The molecule has 0 bridgehead atoms. The smallest absolute Gasteiger partial charge is 0.257 e. The maximum atomic E-state index is 13.1. The lowest BCUT2D eigenvalue weighted by Crippen LogP contribution is -2.28. The Morgan fingerprint density at radius 3 is 2.59 bits per heavy atom. The molecule has 0 spiro atoms. The highest BCUT2D eigenvalue weighted by molar-refractivity contribution is 6.07. The van der Waals surface area contributed by atoms with E-state index in [0.29, 0.717) is 40.5 Å². The van der Waals surface area contributed by atoms with Crippen LogP contribution < -0.4 is 14.8 Å². The van der Waals surface area contributed by atoms with E-state index in [4.69, 9.17) is 9.47 Å². The van der Waals surface area contributed by atoms with Gasteiger partial charge in [0.05, 0.1) is 32.5 Å². The van der Waals surface area contributed by atoms with E-state index in [2.05, 4.69) is 15.4 Å². The Hall–Kier alpha value is -4.40. The lowest BCUT2D eigenvalue weighted by Gasteiger charge is -2.18. The summed E-state index contributed by atoms with van der Waals surface area (Å²) in [6.07, 6.45) is 5.28. The molecule has 9 heteroatoms. The molecule has 1 saturated heterocycles. The number of carbonyl (C=O) groups excluding carboxylic acids is 2. The minimum Gasteiger partial charge on any atom is -0.497 e. The number of aromatic nitrogens is 3. The third-order valence-electron chi connectivity index (χ3n) is 6.76. The van der Waals surface area contributed by atoms with E-state index in [1.165, 1.54) is 6.20 Å². The topological polar surface area (TPSA) is 98.6 Å². The highest BCUT2D eigenvalue weighted by atomic mass is 16.5. The summed E-state index contributed by atoms with van der Waals surface area (Å²) < 4.78 is 12.5. The summed E-state index contributed by atoms with van der Waals surface area (Å²) in [7, 11) is 3.22. The summed E-state index contributed by atoms with van der Waals surface area (Å²) in [6.45, 7) is 3.86. The van der Waals surface area contributed by atoms with Crippen molar-refractivity contribution in [3.8, 4) is 11.5 Å². The molecule has 9 nitrogen and oxygen atoms in total. The maximum Gasteiger partial charge on any atom is 0.257 e. The van der Waals surface area contributed by atoms with Gasteiger partial charge in [0.1, 0.15) is 11.5 Å². The van der Waals surface area contributed by atoms with Crippen molar-refractivity contribution in [2.75, 3.05) is 32.6 Å². The number of amides is 2. The standard InChI is InChI=1S/C28H29N5O4/c1-18-23(28(35)32-11-4-5-12-32)7-6-8-24(18)31-27(34)21-13-20-16-30-33(26(20)29-15-21)17-19-9-10-22(36-2)14-25(19)37-3/h6-10,13-16H,4-5,11-12,17H2,1-3H3,(H,31,34). The summed E-state index contributed by atoms with van der Waals surface area (Å²) in [5.74, 6) is 1.11. The first-order valence-electron chi connectivity index (χ1n) is 12.2. The molecular weight excluding hydrogens is 470 g/mol. The van der Waals surface area contributed by atoms with Gasteiger partial charge in [0.15, 0.2) is 5.65 Å². The van der Waals surface area contributed by atoms with Crippen LogP contribution in [0.5, 0.6) is 11.5 Å². The Kier molecular flexibility index (Phi) is 6.76. The van der Waals surface area contributed by atoms with E-state index in [9.17, 15) is 9.59 Å². The molecule has 4 aromatic rings. The van der Waals surface area contributed by atoms with Crippen LogP contribution in [0.3, 0.4) is 0 Å². The molecule has 2 aromatic carbocycles. The Bertz CT molecular complexity index is 1470. The minimum atomic E-state index is -0.298. The molecule has 1 fully saturated rings. The van der Waals surface area contributed by atoms with Crippen LogP contribution in [-0.4, -0.2) is 58.8 Å². The predicted octanol–water partition coefficient (Wildman–Crippen LogP) is 4.29. The van der Waals surface area contributed by atoms with Gasteiger partial charge in [0.25, 0.3) is 11.8 Å². The van der Waals surface area contributed by atoms with E-state index < -0.39 is 0 Å². The SMILES string of the molecule is COc1ccc(Cn2ncc3cc(C(=O)Nc4cccc(C(=O)N5CCCC5)c4C)cnc32)c(OC)c1. The number of rotatable bonds is 7. The minimum absolute atomic E-state index is 0.00934. The highest BCUT2D eigenvalue weighted by Gasteiger charge is 2.22. The second kappa shape index (κ2) is 10.3. The Morgan fingerprint density at radius 2 is 1.84 bits per heavy atom. The Morgan fingerprint density at radius 1 is 1.03 bits per heavy atom. The van der Waals surface area contributed by atoms with Gasteiger partial charge in [-0.1, -0.05) is 6.07 Å². The monoisotopic (exact) mass is 499 g/mol. The van der Waals surface area contributed by atoms with Crippen LogP contribution in [0, 0.1) is 6.92 Å². The number of nitrogens with zero attached hydrogens (tertiary/aromatic N) is 4. The molecule has 0 saturated carbocycles. The number of ether oxygens (including phenoxy) is 2. The van der Waals surface area contributed by atoms with Crippen LogP contribution in [0.25, 0.3) is 11.0 Å².